The zero-order valence-corrected chi connectivity index (χ0v) is 11.5. The van der Waals surface area contributed by atoms with Crippen molar-refractivity contribution in [2.45, 2.75) is 38.6 Å². The lowest BCUT2D eigenvalue weighted by atomic mass is 9.89. The second-order valence-corrected chi connectivity index (χ2v) is 5.86. The van der Waals surface area contributed by atoms with Crippen LogP contribution in [-0.2, 0) is 6.54 Å². The average molecular weight is 293 g/mol. The molecule has 0 aromatic carbocycles. The number of fused-ring (bicyclic) bond motifs is 1. The smallest absolute Gasteiger partial charge is 0.141 e. The molecule has 3 heteroatoms. The maximum atomic E-state index is 4.50. The van der Waals surface area contributed by atoms with Gasteiger partial charge in [0.25, 0.3) is 0 Å². The predicted molar refractivity (Wildman–Crippen MR) is 74.0 cm³/mol. The normalized spacial score (nSPS) is 17.7. The Morgan fingerprint density at radius 3 is 2.94 bits per heavy atom. The monoisotopic (exact) mass is 292 g/mol. The van der Waals surface area contributed by atoms with Crippen molar-refractivity contribution in [1.29, 1.82) is 0 Å². The molecule has 2 nitrogen and oxygen atoms in total. The number of nitrogens with zero attached hydrogens (tertiary/aromatic N) is 2. The molecule has 0 saturated heterocycles. The van der Waals surface area contributed by atoms with Gasteiger partial charge in [-0.25, -0.2) is 4.98 Å². The fraction of sp³-hybridized carbons (Fsp3) is 0.500. The molecule has 1 aliphatic rings. The van der Waals surface area contributed by atoms with Gasteiger partial charge in [0.15, 0.2) is 0 Å². The van der Waals surface area contributed by atoms with Gasteiger partial charge < -0.3 is 4.57 Å². The molecule has 0 aliphatic heterocycles. The van der Waals surface area contributed by atoms with E-state index >= 15 is 0 Å². The zero-order chi connectivity index (χ0) is 11.7. The molecule has 0 atom stereocenters. The van der Waals surface area contributed by atoms with Crippen molar-refractivity contribution in [3.8, 4) is 0 Å². The summed E-state index contributed by atoms with van der Waals surface area (Å²) in [6.07, 6.45) is 11.1. The van der Waals surface area contributed by atoms with E-state index in [-0.39, 0.29) is 0 Å². The van der Waals surface area contributed by atoms with Crippen molar-refractivity contribution >= 4 is 27.0 Å². The minimum absolute atomic E-state index is 0.841. The van der Waals surface area contributed by atoms with Crippen LogP contribution in [0.15, 0.2) is 29.0 Å². The second-order valence-electron chi connectivity index (χ2n) is 5.01. The van der Waals surface area contributed by atoms with Gasteiger partial charge in [-0.05, 0) is 46.8 Å². The maximum Gasteiger partial charge on any atom is 0.141 e. The summed E-state index contributed by atoms with van der Waals surface area (Å²) in [5.74, 6) is 0.841. The molecule has 0 N–H and O–H groups in total. The van der Waals surface area contributed by atoms with Crippen LogP contribution in [0.5, 0.6) is 0 Å². The zero-order valence-electron chi connectivity index (χ0n) is 9.90. The SMILES string of the molecule is Brc1cn(CC2CCCCC2)c2ncccc12. The number of pyridine rings is 1. The van der Waals surface area contributed by atoms with Crippen LogP contribution in [0.1, 0.15) is 32.1 Å². The number of hydrogen-bond acceptors (Lipinski definition) is 1. The quantitative estimate of drug-likeness (QED) is 0.803. The molecular weight excluding hydrogens is 276 g/mol. The lowest BCUT2D eigenvalue weighted by Gasteiger charge is -2.22. The first-order chi connectivity index (χ1) is 8.34. The Balaban J connectivity index is 1.89. The summed E-state index contributed by atoms with van der Waals surface area (Å²) in [5.41, 5.74) is 1.12. The van der Waals surface area contributed by atoms with Gasteiger partial charge in [-0.15, -0.1) is 0 Å². The Morgan fingerprint density at radius 1 is 1.29 bits per heavy atom. The topological polar surface area (TPSA) is 17.8 Å². The molecular formula is C14H17BrN2. The van der Waals surface area contributed by atoms with Crippen LogP contribution in [0.25, 0.3) is 11.0 Å². The van der Waals surface area contributed by atoms with Crippen molar-refractivity contribution in [1.82, 2.24) is 9.55 Å². The third kappa shape index (κ3) is 2.25. The van der Waals surface area contributed by atoms with Gasteiger partial charge in [0.05, 0.1) is 0 Å². The average Bonchev–Trinajstić information content (AvgIpc) is 2.69. The van der Waals surface area contributed by atoms with Gasteiger partial charge in [-0.2, -0.15) is 0 Å². The van der Waals surface area contributed by atoms with Crippen molar-refractivity contribution < 1.29 is 0 Å². The summed E-state index contributed by atoms with van der Waals surface area (Å²) >= 11 is 3.62. The highest BCUT2D eigenvalue weighted by molar-refractivity contribution is 9.10. The molecule has 2 aromatic rings. The first-order valence-corrected chi connectivity index (χ1v) is 7.23. The van der Waals surface area contributed by atoms with Crippen LogP contribution in [0, 0.1) is 5.92 Å². The Morgan fingerprint density at radius 2 is 2.12 bits per heavy atom. The fourth-order valence-electron chi connectivity index (χ4n) is 2.87. The fourth-order valence-corrected chi connectivity index (χ4v) is 3.42. The van der Waals surface area contributed by atoms with E-state index in [1.807, 2.05) is 12.3 Å². The number of halogens is 1. The van der Waals surface area contributed by atoms with E-state index in [0.29, 0.717) is 0 Å². The molecule has 2 heterocycles. The Bertz CT molecular complexity index is 512. The number of aromatic nitrogens is 2. The molecule has 1 aliphatic carbocycles. The van der Waals surface area contributed by atoms with Gasteiger partial charge in [0, 0.05) is 28.8 Å². The van der Waals surface area contributed by atoms with E-state index in [4.69, 9.17) is 0 Å². The van der Waals surface area contributed by atoms with E-state index in [0.717, 1.165) is 22.6 Å². The van der Waals surface area contributed by atoms with Gasteiger partial charge in [0.2, 0.25) is 0 Å². The number of rotatable bonds is 2. The van der Waals surface area contributed by atoms with Crippen molar-refractivity contribution in [3.63, 3.8) is 0 Å². The first-order valence-electron chi connectivity index (χ1n) is 6.44. The van der Waals surface area contributed by atoms with Crippen LogP contribution in [0.2, 0.25) is 0 Å². The largest absolute Gasteiger partial charge is 0.331 e. The van der Waals surface area contributed by atoms with E-state index in [9.17, 15) is 0 Å². The molecule has 0 amide bonds. The third-order valence-electron chi connectivity index (χ3n) is 3.76. The van der Waals surface area contributed by atoms with E-state index < -0.39 is 0 Å². The minimum atomic E-state index is 0.841. The summed E-state index contributed by atoms with van der Waals surface area (Å²) in [6.45, 7) is 1.12. The Kier molecular flexibility index (Phi) is 3.19. The first kappa shape index (κ1) is 11.3. The minimum Gasteiger partial charge on any atom is -0.331 e. The Labute approximate surface area is 110 Å². The highest BCUT2D eigenvalue weighted by Crippen LogP contribution is 2.29. The van der Waals surface area contributed by atoms with E-state index in [2.05, 4.69) is 37.7 Å². The summed E-state index contributed by atoms with van der Waals surface area (Å²) in [5, 5.41) is 1.23. The highest BCUT2D eigenvalue weighted by Gasteiger charge is 2.16. The third-order valence-corrected chi connectivity index (χ3v) is 4.40. The van der Waals surface area contributed by atoms with Crippen molar-refractivity contribution in [2.75, 3.05) is 0 Å². The molecule has 1 fully saturated rings. The van der Waals surface area contributed by atoms with Crippen LogP contribution in [-0.4, -0.2) is 9.55 Å². The van der Waals surface area contributed by atoms with Crippen LogP contribution < -0.4 is 0 Å². The summed E-state index contributed by atoms with van der Waals surface area (Å²) in [6, 6.07) is 4.13. The maximum absolute atomic E-state index is 4.50. The predicted octanol–water partition coefficient (Wildman–Crippen LogP) is 4.38. The van der Waals surface area contributed by atoms with Crippen molar-refractivity contribution in [3.05, 3.63) is 29.0 Å². The van der Waals surface area contributed by atoms with Gasteiger partial charge in [0.1, 0.15) is 5.65 Å². The van der Waals surface area contributed by atoms with Crippen LogP contribution in [0.3, 0.4) is 0 Å². The standard InChI is InChI=1S/C14H17BrN2/c15-13-10-17(9-11-5-2-1-3-6-11)14-12(13)7-4-8-16-14/h4,7-8,10-11H,1-3,5-6,9H2. The van der Waals surface area contributed by atoms with Gasteiger partial charge >= 0.3 is 0 Å². The number of hydrogen-bond donors (Lipinski definition) is 0. The molecule has 0 unspecified atom stereocenters. The Hall–Kier alpha value is -0.830. The molecule has 2 aromatic heterocycles. The molecule has 0 radical (unpaired) electrons. The summed E-state index contributed by atoms with van der Waals surface area (Å²) in [4.78, 5) is 4.50. The summed E-state index contributed by atoms with van der Waals surface area (Å²) in [7, 11) is 0. The molecule has 17 heavy (non-hydrogen) atoms. The van der Waals surface area contributed by atoms with Crippen LogP contribution >= 0.6 is 15.9 Å². The van der Waals surface area contributed by atoms with Gasteiger partial charge in [-0.1, -0.05) is 19.3 Å². The molecule has 0 bridgehead atoms. The lowest BCUT2D eigenvalue weighted by molar-refractivity contribution is 0.322. The molecule has 3 rings (SSSR count). The second kappa shape index (κ2) is 4.81. The summed E-state index contributed by atoms with van der Waals surface area (Å²) < 4.78 is 3.48. The molecule has 1 saturated carbocycles. The highest BCUT2D eigenvalue weighted by atomic mass is 79.9. The van der Waals surface area contributed by atoms with Gasteiger partial charge in [-0.3, -0.25) is 0 Å². The lowest BCUT2D eigenvalue weighted by Crippen LogP contribution is -2.13. The molecule has 0 spiro atoms. The van der Waals surface area contributed by atoms with Crippen LogP contribution in [0.4, 0.5) is 0 Å². The van der Waals surface area contributed by atoms with E-state index in [1.165, 1.54) is 37.5 Å². The van der Waals surface area contributed by atoms with E-state index in [1.54, 1.807) is 0 Å². The van der Waals surface area contributed by atoms with Crippen molar-refractivity contribution in [2.24, 2.45) is 5.92 Å². The molecule has 90 valence electrons.